The molecule has 0 aliphatic carbocycles. The van der Waals surface area contributed by atoms with Crippen LogP contribution in [0.1, 0.15) is 5.56 Å². The highest BCUT2D eigenvalue weighted by Crippen LogP contribution is 2.29. The largest absolute Gasteiger partial charge is 0.228 e. The van der Waals surface area contributed by atoms with Crippen LogP contribution in [0.2, 0.25) is 10.2 Å². The Morgan fingerprint density at radius 3 is 2.60 bits per heavy atom. The first kappa shape index (κ1) is 14.0. The fourth-order valence-corrected chi connectivity index (χ4v) is 2.91. The van der Waals surface area contributed by atoms with Crippen molar-refractivity contribution in [3.8, 4) is 11.4 Å². The Morgan fingerprint density at radius 1 is 1.00 bits per heavy atom. The van der Waals surface area contributed by atoms with E-state index in [0.717, 1.165) is 25.6 Å². The van der Waals surface area contributed by atoms with Crippen molar-refractivity contribution >= 4 is 56.7 Å². The second-order valence-corrected chi connectivity index (χ2v) is 6.50. The van der Waals surface area contributed by atoms with Crippen molar-refractivity contribution in [2.45, 2.75) is 6.92 Å². The molecule has 20 heavy (non-hydrogen) atoms. The molecular formula is C15H9Cl2IN2. The van der Waals surface area contributed by atoms with Gasteiger partial charge in [-0.3, -0.25) is 0 Å². The third-order valence-corrected chi connectivity index (χ3v) is 4.25. The molecule has 5 heteroatoms. The number of halogens is 3. The molecule has 0 atom stereocenters. The lowest BCUT2D eigenvalue weighted by Crippen LogP contribution is -1.94. The van der Waals surface area contributed by atoms with Gasteiger partial charge in [0.25, 0.3) is 0 Å². The van der Waals surface area contributed by atoms with Crippen molar-refractivity contribution in [1.82, 2.24) is 9.97 Å². The molecule has 0 aliphatic heterocycles. The number of aryl methyl sites for hydroxylation is 1. The summed E-state index contributed by atoms with van der Waals surface area (Å²) >= 11 is 14.6. The van der Waals surface area contributed by atoms with E-state index in [2.05, 4.69) is 32.6 Å². The zero-order valence-electron chi connectivity index (χ0n) is 10.5. The van der Waals surface area contributed by atoms with Crippen LogP contribution in [0.5, 0.6) is 0 Å². The Bertz CT molecular complexity index is 818. The second-order valence-electron chi connectivity index (χ2n) is 4.46. The number of hydrogen-bond donors (Lipinski definition) is 0. The maximum absolute atomic E-state index is 6.29. The van der Waals surface area contributed by atoms with Crippen molar-refractivity contribution in [2.24, 2.45) is 0 Å². The van der Waals surface area contributed by atoms with E-state index in [9.17, 15) is 0 Å². The lowest BCUT2D eigenvalue weighted by atomic mass is 10.1. The van der Waals surface area contributed by atoms with Crippen LogP contribution in [0, 0.1) is 10.5 Å². The Labute approximate surface area is 140 Å². The second kappa shape index (κ2) is 5.47. The molecule has 1 heterocycles. The molecule has 0 aliphatic rings. The SMILES string of the molecule is Cc1ccc(Cl)cc1-c1nc(Cl)c2cc(I)ccc2n1. The van der Waals surface area contributed by atoms with Crippen LogP contribution in [0.3, 0.4) is 0 Å². The van der Waals surface area contributed by atoms with E-state index in [0.29, 0.717) is 16.0 Å². The van der Waals surface area contributed by atoms with Crippen LogP contribution in [-0.4, -0.2) is 9.97 Å². The number of benzene rings is 2. The fourth-order valence-electron chi connectivity index (χ4n) is 2.02. The van der Waals surface area contributed by atoms with Gasteiger partial charge < -0.3 is 0 Å². The molecule has 0 N–H and O–H groups in total. The summed E-state index contributed by atoms with van der Waals surface area (Å²) in [4.78, 5) is 9.00. The smallest absolute Gasteiger partial charge is 0.161 e. The van der Waals surface area contributed by atoms with Gasteiger partial charge in [-0.05, 0) is 65.4 Å². The molecule has 0 bridgehead atoms. The van der Waals surface area contributed by atoms with E-state index in [4.69, 9.17) is 23.2 Å². The molecule has 2 nitrogen and oxygen atoms in total. The highest BCUT2D eigenvalue weighted by Gasteiger charge is 2.10. The summed E-state index contributed by atoms with van der Waals surface area (Å²) in [6, 6.07) is 11.6. The molecule has 0 spiro atoms. The van der Waals surface area contributed by atoms with Gasteiger partial charge in [-0.15, -0.1) is 0 Å². The zero-order chi connectivity index (χ0) is 14.3. The number of aromatic nitrogens is 2. The van der Waals surface area contributed by atoms with Crippen LogP contribution in [0.25, 0.3) is 22.3 Å². The molecule has 0 radical (unpaired) electrons. The van der Waals surface area contributed by atoms with E-state index >= 15 is 0 Å². The molecular weight excluding hydrogens is 406 g/mol. The molecule has 2 aromatic carbocycles. The molecule has 3 rings (SSSR count). The van der Waals surface area contributed by atoms with Crippen LogP contribution >= 0.6 is 45.8 Å². The van der Waals surface area contributed by atoms with Gasteiger partial charge in [0.2, 0.25) is 0 Å². The Kier molecular flexibility index (Phi) is 3.84. The lowest BCUT2D eigenvalue weighted by Gasteiger charge is -2.08. The minimum Gasteiger partial charge on any atom is -0.228 e. The highest BCUT2D eigenvalue weighted by molar-refractivity contribution is 14.1. The van der Waals surface area contributed by atoms with Gasteiger partial charge in [0, 0.05) is 19.5 Å². The van der Waals surface area contributed by atoms with Gasteiger partial charge in [0.1, 0.15) is 5.15 Å². The summed E-state index contributed by atoms with van der Waals surface area (Å²) in [6.45, 7) is 2.00. The van der Waals surface area contributed by atoms with Crippen LogP contribution in [0.15, 0.2) is 36.4 Å². The average molecular weight is 415 g/mol. The van der Waals surface area contributed by atoms with Gasteiger partial charge in [0.15, 0.2) is 5.82 Å². The summed E-state index contributed by atoms with van der Waals surface area (Å²) in [5.41, 5.74) is 2.80. The van der Waals surface area contributed by atoms with E-state index in [1.54, 1.807) is 0 Å². The topological polar surface area (TPSA) is 25.8 Å². The number of nitrogens with zero attached hydrogens (tertiary/aromatic N) is 2. The first-order valence-electron chi connectivity index (χ1n) is 5.94. The van der Waals surface area contributed by atoms with Gasteiger partial charge in [-0.2, -0.15) is 0 Å². The van der Waals surface area contributed by atoms with E-state index < -0.39 is 0 Å². The predicted molar refractivity (Wildman–Crippen MR) is 92.4 cm³/mol. The van der Waals surface area contributed by atoms with Crippen molar-refractivity contribution < 1.29 is 0 Å². The number of fused-ring (bicyclic) bond motifs is 1. The Balaban J connectivity index is 2.27. The average Bonchev–Trinajstić information content (AvgIpc) is 2.42. The monoisotopic (exact) mass is 414 g/mol. The molecule has 0 unspecified atom stereocenters. The quantitative estimate of drug-likeness (QED) is 0.387. The fraction of sp³-hybridized carbons (Fsp3) is 0.0667. The Hall–Kier alpha value is -0.910. The summed E-state index contributed by atoms with van der Waals surface area (Å²) in [6.07, 6.45) is 0. The normalized spacial score (nSPS) is 11.0. The third-order valence-electron chi connectivity index (χ3n) is 3.05. The van der Waals surface area contributed by atoms with Gasteiger partial charge in [0.05, 0.1) is 5.52 Å². The molecule has 0 saturated carbocycles. The molecule has 0 amide bonds. The van der Waals surface area contributed by atoms with Crippen LogP contribution in [0.4, 0.5) is 0 Å². The summed E-state index contributed by atoms with van der Waals surface area (Å²) < 4.78 is 1.10. The Morgan fingerprint density at radius 2 is 1.80 bits per heavy atom. The predicted octanol–water partition coefficient (Wildman–Crippen LogP) is 5.52. The maximum Gasteiger partial charge on any atom is 0.161 e. The molecule has 100 valence electrons. The van der Waals surface area contributed by atoms with Gasteiger partial charge >= 0.3 is 0 Å². The number of rotatable bonds is 1. The summed E-state index contributed by atoms with van der Waals surface area (Å²) in [5.74, 6) is 0.601. The van der Waals surface area contributed by atoms with E-state index in [-0.39, 0.29) is 0 Å². The molecule has 0 fully saturated rings. The van der Waals surface area contributed by atoms with E-state index in [1.165, 1.54) is 0 Å². The molecule has 0 saturated heterocycles. The van der Waals surface area contributed by atoms with E-state index in [1.807, 2.05) is 43.3 Å². The molecule has 3 aromatic rings. The minimum atomic E-state index is 0.461. The van der Waals surface area contributed by atoms with Crippen molar-refractivity contribution in [3.63, 3.8) is 0 Å². The first-order valence-corrected chi connectivity index (χ1v) is 7.77. The highest BCUT2D eigenvalue weighted by atomic mass is 127. The summed E-state index contributed by atoms with van der Waals surface area (Å²) in [5, 5.41) is 1.98. The third kappa shape index (κ3) is 2.62. The van der Waals surface area contributed by atoms with Crippen molar-refractivity contribution in [3.05, 3.63) is 55.7 Å². The van der Waals surface area contributed by atoms with Crippen molar-refractivity contribution in [2.75, 3.05) is 0 Å². The number of hydrogen-bond acceptors (Lipinski definition) is 2. The zero-order valence-corrected chi connectivity index (χ0v) is 14.2. The minimum absolute atomic E-state index is 0.461. The standard InChI is InChI=1S/C15H9Cl2IN2/c1-8-2-3-9(16)6-11(8)15-19-13-5-4-10(18)7-12(13)14(17)20-15/h2-7H,1H3. The maximum atomic E-state index is 6.29. The van der Waals surface area contributed by atoms with Crippen LogP contribution < -0.4 is 0 Å². The van der Waals surface area contributed by atoms with Crippen LogP contribution in [-0.2, 0) is 0 Å². The molecule has 1 aromatic heterocycles. The van der Waals surface area contributed by atoms with Gasteiger partial charge in [-0.1, -0.05) is 29.3 Å². The summed E-state index contributed by atoms with van der Waals surface area (Å²) in [7, 11) is 0. The lowest BCUT2D eigenvalue weighted by molar-refractivity contribution is 1.21. The van der Waals surface area contributed by atoms with Gasteiger partial charge in [-0.25, -0.2) is 9.97 Å². The first-order chi connectivity index (χ1) is 9.54. The van der Waals surface area contributed by atoms with Crippen molar-refractivity contribution in [1.29, 1.82) is 0 Å².